The summed E-state index contributed by atoms with van der Waals surface area (Å²) in [7, 11) is 0. The van der Waals surface area contributed by atoms with E-state index in [0.29, 0.717) is 6.54 Å². The standard InChI is InChI=1S/C19H20N6O/c26-19(21-13-17-24-23-16-7-4-12-25(16)17)22-18(14-5-2-1-3-6-14)15-8-10-20-11-9-15/h1-3,5-6,8-11,18H,4,7,12-13H2,(H2,21,22,26). The molecule has 132 valence electrons. The second kappa shape index (κ2) is 7.35. The van der Waals surface area contributed by atoms with Crippen LogP contribution in [0.5, 0.6) is 0 Å². The van der Waals surface area contributed by atoms with E-state index in [-0.39, 0.29) is 12.1 Å². The lowest BCUT2D eigenvalue weighted by Gasteiger charge is -2.20. The number of carbonyl (C=O) groups excluding carboxylic acids is 1. The van der Waals surface area contributed by atoms with Crippen molar-refractivity contribution in [1.29, 1.82) is 0 Å². The van der Waals surface area contributed by atoms with Crippen LogP contribution in [0.15, 0.2) is 54.9 Å². The highest BCUT2D eigenvalue weighted by Gasteiger charge is 2.19. The van der Waals surface area contributed by atoms with Crippen LogP contribution in [0.1, 0.15) is 35.2 Å². The smallest absolute Gasteiger partial charge is 0.315 e. The number of rotatable bonds is 5. The van der Waals surface area contributed by atoms with E-state index in [0.717, 1.165) is 42.2 Å². The van der Waals surface area contributed by atoms with Crippen molar-refractivity contribution in [3.63, 3.8) is 0 Å². The molecule has 1 unspecified atom stereocenters. The third-order valence-electron chi connectivity index (χ3n) is 4.54. The molecule has 0 bridgehead atoms. The molecule has 1 aliphatic heterocycles. The summed E-state index contributed by atoms with van der Waals surface area (Å²) < 4.78 is 2.08. The van der Waals surface area contributed by atoms with Crippen LogP contribution >= 0.6 is 0 Å². The van der Waals surface area contributed by atoms with Crippen LogP contribution in [0, 0.1) is 0 Å². The summed E-state index contributed by atoms with van der Waals surface area (Å²) in [5.74, 6) is 1.80. The Labute approximate surface area is 151 Å². The zero-order chi connectivity index (χ0) is 17.8. The Bertz CT molecular complexity index is 838. The second-order valence-corrected chi connectivity index (χ2v) is 6.24. The first kappa shape index (κ1) is 16.3. The van der Waals surface area contributed by atoms with Gasteiger partial charge >= 0.3 is 6.03 Å². The number of urea groups is 1. The maximum Gasteiger partial charge on any atom is 0.315 e. The van der Waals surface area contributed by atoms with E-state index in [1.807, 2.05) is 42.5 Å². The van der Waals surface area contributed by atoms with Crippen LogP contribution in [0.3, 0.4) is 0 Å². The van der Waals surface area contributed by atoms with Crippen LogP contribution in [0.2, 0.25) is 0 Å². The monoisotopic (exact) mass is 348 g/mol. The molecule has 0 saturated heterocycles. The summed E-state index contributed by atoms with van der Waals surface area (Å²) in [6, 6.07) is 13.2. The molecule has 7 nitrogen and oxygen atoms in total. The minimum absolute atomic E-state index is 0.244. The molecule has 0 aliphatic carbocycles. The van der Waals surface area contributed by atoms with E-state index in [2.05, 4.69) is 30.4 Å². The van der Waals surface area contributed by atoms with E-state index < -0.39 is 0 Å². The number of hydrogen-bond acceptors (Lipinski definition) is 4. The molecule has 0 saturated carbocycles. The molecule has 2 N–H and O–H groups in total. The van der Waals surface area contributed by atoms with Gasteiger partial charge in [0.1, 0.15) is 5.82 Å². The highest BCUT2D eigenvalue weighted by molar-refractivity contribution is 5.75. The normalized spacial score (nSPS) is 13.8. The molecule has 0 spiro atoms. The van der Waals surface area contributed by atoms with Crippen molar-refractivity contribution in [2.45, 2.75) is 32.0 Å². The topological polar surface area (TPSA) is 84.7 Å². The minimum Gasteiger partial charge on any atom is -0.331 e. The SMILES string of the molecule is O=C(NCc1nnc2n1CCC2)NC(c1ccccc1)c1ccncc1. The highest BCUT2D eigenvalue weighted by atomic mass is 16.2. The molecule has 4 rings (SSSR count). The van der Waals surface area contributed by atoms with Crippen LogP contribution in [-0.4, -0.2) is 25.8 Å². The molecule has 2 amide bonds. The molecule has 3 aromatic rings. The number of pyridine rings is 1. The van der Waals surface area contributed by atoms with Crippen molar-refractivity contribution in [2.24, 2.45) is 0 Å². The number of amides is 2. The molecule has 1 aliphatic rings. The van der Waals surface area contributed by atoms with Gasteiger partial charge in [-0.25, -0.2) is 4.79 Å². The molecule has 1 atom stereocenters. The summed E-state index contributed by atoms with van der Waals surface area (Å²) in [6.07, 6.45) is 5.49. The quantitative estimate of drug-likeness (QED) is 0.740. The van der Waals surface area contributed by atoms with Gasteiger partial charge in [-0.15, -0.1) is 10.2 Å². The van der Waals surface area contributed by atoms with Gasteiger partial charge in [-0.1, -0.05) is 30.3 Å². The highest BCUT2D eigenvalue weighted by Crippen LogP contribution is 2.21. The molecular formula is C19H20N6O. The van der Waals surface area contributed by atoms with Gasteiger partial charge in [0.15, 0.2) is 5.82 Å². The summed E-state index contributed by atoms with van der Waals surface area (Å²) in [4.78, 5) is 16.6. The van der Waals surface area contributed by atoms with Gasteiger partial charge in [-0.05, 0) is 29.7 Å². The van der Waals surface area contributed by atoms with Crippen molar-refractivity contribution in [1.82, 2.24) is 30.4 Å². The maximum absolute atomic E-state index is 12.5. The molecule has 3 heterocycles. The average Bonchev–Trinajstić information content (AvgIpc) is 3.30. The zero-order valence-electron chi connectivity index (χ0n) is 14.3. The number of aromatic nitrogens is 4. The molecule has 26 heavy (non-hydrogen) atoms. The molecule has 0 radical (unpaired) electrons. The Kier molecular flexibility index (Phi) is 4.59. The largest absolute Gasteiger partial charge is 0.331 e. The number of benzene rings is 1. The molecule has 1 aromatic carbocycles. The first-order valence-electron chi connectivity index (χ1n) is 8.71. The van der Waals surface area contributed by atoms with Gasteiger partial charge in [0, 0.05) is 25.4 Å². The van der Waals surface area contributed by atoms with E-state index in [1.165, 1.54) is 0 Å². The maximum atomic E-state index is 12.5. The van der Waals surface area contributed by atoms with Crippen molar-refractivity contribution in [2.75, 3.05) is 0 Å². The zero-order valence-corrected chi connectivity index (χ0v) is 14.3. The van der Waals surface area contributed by atoms with Gasteiger partial charge in [0.05, 0.1) is 12.6 Å². The third kappa shape index (κ3) is 3.42. The van der Waals surface area contributed by atoms with Gasteiger partial charge in [-0.2, -0.15) is 0 Å². The fourth-order valence-electron chi connectivity index (χ4n) is 3.24. The third-order valence-corrected chi connectivity index (χ3v) is 4.54. The lowest BCUT2D eigenvalue weighted by atomic mass is 10.00. The Balaban J connectivity index is 1.46. The molecule has 7 heteroatoms. The number of fused-ring (bicyclic) bond motifs is 1. The first-order valence-corrected chi connectivity index (χ1v) is 8.71. The van der Waals surface area contributed by atoms with Crippen LogP contribution in [-0.2, 0) is 19.5 Å². The number of nitrogens with one attached hydrogen (secondary N) is 2. The number of nitrogens with zero attached hydrogens (tertiary/aromatic N) is 4. The first-order chi connectivity index (χ1) is 12.8. The second-order valence-electron chi connectivity index (χ2n) is 6.24. The van der Waals surface area contributed by atoms with Crippen molar-refractivity contribution < 1.29 is 4.79 Å². The Morgan fingerprint density at radius 2 is 1.85 bits per heavy atom. The molecular weight excluding hydrogens is 328 g/mol. The lowest BCUT2D eigenvalue weighted by Crippen LogP contribution is -2.38. The van der Waals surface area contributed by atoms with Crippen LogP contribution < -0.4 is 10.6 Å². The fourth-order valence-corrected chi connectivity index (χ4v) is 3.24. The van der Waals surface area contributed by atoms with E-state index in [1.54, 1.807) is 12.4 Å². The average molecular weight is 348 g/mol. The fraction of sp³-hybridized carbons (Fsp3) is 0.263. The van der Waals surface area contributed by atoms with E-state index >= 15 is 0 Å². The number of aryl methyl sites for hydroxylation is 1. The van der Waals surface area contributed by atoms with Crippen LogP contribution in [0.4, 0.5) is 4.79 Å². The summed E-state index contributed by atoms with van der Waals surface area (Å²) in [5.41, 5.74) is 1.99. The predicted octanol–water partition coefficient (Wildman–Crippen LogP) is 2.21. The summed E-state index contributed by atoms with van der Waals surface area (Å²) >= 11 is 0. The van der Waals surface area contributed by atoms with Gasteiger partial charge in [0.25, 0.3) is 0 Å². The predicted molar refractivity (Wildman–Crippen MR) is 96.2 cm³/mol. The van der Waals surface area contributed by atoms with Gasteiger partial charge in [0.2, 0.25) is 0 Å². The minimum atomic E-state index is -0.247. The van der Waals surface area contributed by atoms with E-state index in [4.69, 9.17) is 0 Å². The Morgan fingerprint density at radius 1 is 1.08 bits per heavy atom. The molecule has 2 aromatic heterocycles. The van der Waals surface area contributed by atoms with Gasteiger partial charge < -0.3 is 15.2 Å². The number of hydrogen-bond donors (Lipinski definition) is 2. The van der Waals surface area contributed by atoms with Crippen molar-refractivity contribution in [3.8, 4) is 0 Å². The van der Waals surface area contributed by atoms with Crippen LogP contribution in [0.25, 0.3) is 0 Å². The lowest BCUT2D eigenvalue weighted by molar-refractivity contribution is 0.238. The Morgan fingerprint density at radius 3 is 2.65 bits per heavy atom. The Hall–Kier alpha value is -3.22. The summed E-state index contributed by atoms with van der Waals surface area (Å²) in [5, 5.41) is 14.3. The number of carbonyl (C=O) groups is 1. The van der Waals surface area contributed by atoms with Crippen molar-refractivity contribution >= 4 is 6.03 Å². The van der Waals surface area contributed by atoms with E-state index in [9.17, 15) is 4.79 Å². The molecule has 0 fully saturated rings. The van der Waals surface area contributed by atoms with Crippen molar-refractivity contribution in [3.05, 3.63) is 77.6 Å². The summed E-state index contributed by atoms with van der Waals surface area (Å²) in [6.45, 7) is 1.28. The van der Waals surface area contributed by atoms with Gasteiger partial charge in [-0.3, -0.25) is 4.98 Å².